The number of hydrogen-bond donors (Lipinski definition) is 2. The maximum absolute atomic E-state index is 13.5. The Balaban J connectivity index is 1.34. The Kier molecular flexibility index (Phi) is 5.00. The first-order valence-corrected chi connectivity index (χ1v) is 11.1. The molecular formula is C26H21FN6O. The van der Waals surface area contributed by atoms with Crippen LogP contribution < -0.4 is 5.56 Å². The predicted molar refractivity (Wildman–Crippen MR) is 127 cm³/mol. The lowest BCUT2D eigenvalue weighted by Crippen LogP contribution is -2.35. The molecule has 0 unspecified atom stereocenters. The van der Waals surface area contributed by atoms with Crippen molar-refractivity contribution in [1.29, 1.82) is 0 Å². The normalized spacial score (nSPS) is 13.8. The lowest BCUT2D eigenvalue weighted by molar-refractivity contribution is 0.243. The van der Waals surface area contributed by atoms with Crippen molar-refractivity contribution in [2.45, 2.75) is 19.5 Å². The second kappa shape index (κ2) is 8.31. The second-order valence-electron chi connectivity index (χ2n) is 8.46. The first-order valence-electron chi connectivity index (χ1n) is 11.1. The van der Waals surface area contributed by atoms with Gasteiger partial charge in [-0.15, -0.1) is 0 Å². The SMILES string of the molecule is O=c1[nH]c(-c2cncnc2)nc2c1CN(Cc1c(-c3ccc(F)cc3)[nH]c3ccccc13)CC2. The van der Waals surface area contributed by atoms with Gasteiger partial charge in [-0.1, -0.05) is 18.2 Å². The van der Waals surface area contributed by atoms with E-state index in [1.54, 1.807) is 24.5 Å². The van der Waals surface area contributed by atoms with Crippen LogP contribution in [0.1, 0.15) is 16.8 Å². The van der Waals surface area contributed by atoms with Crippen molar-refractivity contribution < 1.29 is 4.39 Å². The van der Waals surface area contributed by atoms with Crippen molar-refractivity contribution >= 4 is 10.9 Å². The van der Waals surface area contributed by atoms with Crippen LogP contribution in [0.2, 0.25) is 0 Å². The fourth-order valence-electron chi connectivity index (χ4n) is 4.62. The second-order valence-corrected chi connectivity index (χ2v) is 8.46. The first-order chi connectivity index (χ1) is 16.7. The number of fused-ring (bicyclic) bond motifs is 2. The minimum atomic E-state index is -0.262. The topological polar surface area (TPSA) is 90.6 Å². The van der Waals surface area contributed by atoms with E-state index in [2.05, 4.69) is 30.9 Å². The van der Waals surface area contributed by atoms with Gasteiger partial charge in [0.05, 0.1) is 22.5 Å². The number of hydrogen-bond acceptors (Lipinski definition) is 5. The third-order valence-electron chi connectivity index (χ3n) is 6.31. The van der Waals surface area contributed by atoms with Crippen molar-refractivity contribution in [3.8, 4) is 22.6 Å². The van der Waals surface area contributed by atoms with E-state index in [1.807, 2.05) is 18.2 Å². The van der Waals surface area contributed by atoms with Gasteiger partial charge in [-0.3, -0.25) is 9.69 Å². The molecule has 8 heteroatoms. The van der Waals surface area contributed by atoms with Crippen LogP contribution in [0.4, 0.5) is 4.39 Å². The Hall–Kier alpha value is -4.17. The Morgan fingerprint density at radius 3 is 2.59 bits per heavy atom. The summed E-state index contributed by atoms with van der Waals surface area (Å²) < 4.78 is 13.5. The standard InChI is InChI=1S/C26H21FN6O/c27-18-7-5-16(6-8-18)24-20(19-3-1-2-4-22(19)30-24)13-33-10-9-23-21(14-33)26(34)32-25(31-23)17-11-28-15-29-12-17/h1-8,11-12,15,30H,9-10,13-14H2,(H,31,32,34). The maximum Gasteiger partial charge on any atom is 0.255 e. The molecule has 168 valence electrons. The van der Waals surface area contributed by atoms with Gasteiger partial charge in [0.15, 0.2) is 0 Å². The minimum Gasteiger partial charge on any atom is -0.354 e. The van der Waals surface area contributed by atoms with Gasteiger partial charge in [0, 0.05) is 49.4 Å². The Morgan fingerprint density at radius 1 is 0.971 bits per heavy atom. The van der Waals surface area contributed by atoms with Crippen LogP contribution in [0, 0.1) is 5.82 Å². The van der Waals surface area contributed by atoms with Crippen LogP contribution in [-0.2, 0) is 19.5 Å². The number of aromatic nitrogens is 5. The van der Waals surface area contributed by atoms with Crippen molar-refractivity contribution in [3.05, 3.63) is 100 Å². The highest BCUT2D eigenvalue weighted by Gasteiger charge is 2.24. The predicted octanol–water partition coefficient (Wildman–Crippen LogP) is 4.07. The summed E-state index contributed by atoms with van der Waals surface area (Å²) in [6.45, 7) is 1.94. The Labute approximate surface area is 194 Å². The molecule has 5 aromatic rings. The number of H-pyrrole nitrogens is 2. The largest absolute Gasteiger partial charge is 0.354 e. The highest BCUT2D eigenvalue weighted by molar-refractivity contribution is 5.90. The number of nitrogens with one attached hydrogen (secondary N) is 2. The van der Waals surface area contributed by atoms with Gasteiger partial charge in [0.25, 0.3) is 5.56 Å². The van der Waals surface area contributed by atoms with Gasteiger partial charge in [-0.25, -0.2) is 19.3 Å². The average molecular weight is 452 g/mol. The summed E-state index contributed by atoms with van der Waals surface area (Å²) in [5, 5.41) is 1.12. The zero-order chi connectivity index (χ0) is 23.1. The van der Waals surface area contributed by atoms with Gasteiger partial charge in [0.1, 0.15) is 18.0 Å². The van der Waals surface area contributed by atoms with Crippen molar-refractivity contribution in [1.82, 2.24) is 29.8 Å². The number of halogens is 1. The summed E-state index contributed by atoms with van der Waals surface area (Å²) in [6.07, 6.45) is 5.40. The summed E-state index contributed by atoms with van der Waals surface area (Å²) in [5.74, 6) is 0.232. The molecule has 1 aliphatic rings. The van der Waals surface area contributed by atoms with Gasteiger partial charge >= 0.3 is 0 Å². The molecule has 0 saturated carbocycles. The summed E-state index contributed by atoms with van der Waals surface area (Å²) in [5.41, 5.74) is 6.12. The smallest absolute Gasteiger partial charge is 0.255 e. The van der Waals surface area contributed by atoms with Gasteiger partial charge < -0.3 is 9.97 Å². The van der Waals surface area contributed by atoms with E-state index in [0.29, 0.717) is 36.5 Å². The molecular weight excluding hydrogens is 431 g/mol. The van der Waals surface area contributed by atoms with Crippen molar-refractivity contribution in [3.63, 3.8) is 0 Å². The molecule has 1 aliphatic heterocycles. The van der Waals surface area contributed by atoms with Crippen LogP contribution in [0.15, 0.2) is 72.0 Å². The fourth-order valence-corrected chi connectivity index (χ4v) is 4.62. The molecule has 0 fully saturated rings. The van der Waals surface area contributed by atoms with Gasteiger partial charge in [-0.2, -0.15) is 0 Å². The monoisotopic (exact) mass is 452 g/mol. The molecule has 34 heavy (non-hydrogen) atoms. The highest BCUT2D eigenvalue weighted by Crippen LogP contribution is 2.32. The zero-order valence-corrected chi connectivity index (χ0v) is 18.3. The minimum absolute atomic E-state index is 0.133. The maximum atomic E-state index is 13.5. The number of nitrogens with zero attached hydrogens (tertiary/aromatic N) is 4. The number of rotatable bonds is 4. The summed E-state index contributed by atoms with van der Waals surface area (Å²) in [7, 11) is 0. The fraction of sp³-hybridized carbons (Fsp3) is 0.154. The molecule has 0 spiro atoms. The molecule has 2 aromatic carbocycles. The molecule has 0 saturated heterocycles. The molecule has 3 aromatic heterocycles. The first kappa shape index (κ1) is 20.4. The van der Waals surface area contributed by atoms with Gasteiger partial charge in [-0.05, 0) is 41.5 Å². The van der Waals surface area contributed by atoms with Crippen LogP contribution in [0.25, 0.3) is 33.5 Å². The van der Waals surface area contributed by atoms with E-state index < -0.39 is 0 Å². The number of para-hydroxylation sites is 1. The van der Waals surface area contributed by atoms with E-state index in [-0.39, 0.29) is 11.4 Å². The molecule has 7 nitrogen and oxygen atoms in total. The summed E-state index contributed by atoms with van der Waals surface area (Å²) >= 11 is 0. The quantitative estimate of drug-likeness (QED) is 0.429. The Morgan fingerprint density at radius 2 is 1.76 bits per heavy atom. The van der Waals surface area contributed by atoms with E-state index >= 15 is 0 Å². The summed E-state index contributed by atoms with van der Waals surface area (Å²) in [6, 6.07) is 14.7. The Bertz CT molecular complexity index is 1540. The number of aromatic amines is 2. The van der Waals surface area contributed by atoms with E-state index in [4.69, 9.17) is 4.98 Å². The molecule has 0 bridgehead atoms. The molecule has 0 atom stereocenters. The summed E-state index contributed by atoms with van der Waals surface area (Å²) in [4.78, 5) is 34.3. The van der Waals surface area contributed by atoms with E-state index in [9.17, 15) is 9.18 Å². The average Bonchev–Trinajstić information content (AvgIpc) is 3.23. The van der Waals surface area contributed by atoms with Crippen LogP contribution in [-0.4, -0.2) is 36.4 Å². The third kappa shape index (κ3) is 3.68. The van der Waals surface area contributed by atoms with Crippen molar-refractivity contribution in [2.75, 3.05) is 6.54 Å². The van der Waals surface area contributed by atoms with E-state index in [1.165, 1.54) is 18.5 Å². The van der Waals surface area contributed by atoms with Crippen LogP contribution >= 0.6 is 0 Å². The molecule has 2 N–H and O–H groups in total. The van der Waals surface area contributed by atoms with E-state index in [0.717, 1.165) is 40.0 Å². The molecule has 0 radical (unpaired) electrons. The molecule has 0 aliphatic carbocycles. The lowest BCUT2D eigenvalue weighted by Gasteiger charge is -2.28. The molecule has 6 rings (SSSR count). The molecule has 4 heterocycles. The number of benzene rings is 2. The van der Waals surface area contributed by atoms with Gasteiger partial charge in [0.2, 0.25) is 0 Å². The van der Waals surface area contributed by atoms with Crippen LogP contribution in [0.3, 0.4) is 0 Å². The molecule has 0 amide bonds. The lowest BCUT2D eigenvalue weighted by atomic mass is 10.0. The van der Waals surface area contributed by atoms with Crippen molar-refractivity contribution in [2.24, 2.45) is 0 Å². The highest BCUT2D eigenvalue weighted by atomic mass is 19.1. The van der Waals surface area contributed by atoms with Crippen LogP contribution in [0.5, 0.6) is 0 Å². The zero-order valence-electron chi connectivity index (χ0n) is 18.3. The third-order valence-corrected chi connectivity index (χ3v) is 6.31.